The summed E-state index contributed by atoms with van der Waals surface area (Å²) in [5.74, 6) is -1.17. The third-order valence-electron chi connectivity index (χ3n) is 3.17. The van der Waals surface area contributed by atoms with Crippen LogP contribution in [0.1, 0.15) is 26.9 Å². The van der Waals surface area contributed by atoms with E-state index >= 15 is 0 Å². The van der Waals surface area contributed by atoms with Gasteiger partial charge in [-0.1, -0.05) is 36.0 Å². The van der Waals surface area contributed by atoms with Crippen molar-refractivity contribution in [1.82, 2.24) is 0 Å². The third kappa shape index (κ3) is 2.36. The molecule has 2 aromatic rings. The van der Waals surface area contributed by atoms with Gasteiger partial charge in [-0.3, -0.25) is 0 Å². The molecular weight excluding hydrogens is 280 g/mol. The van der Waals surface area contributed by atoms with E-state index in [0.717, 1.165) is 10.5 Å². The predicted octanol–water partition coefficient (Wildman–Crippen LogP) is 3.04. The average molecular weight is 290 g/mol. The first-order chi connectivity index (χ1) is 9.15. The van der Waals surface area contributed by atoms with Crippen LogP contribution in [0.15, 0.2) is 52.3 Å². The number of carboxylic acids is 1. The Kier molecular flexibility index (Phi) is 3.25. The van der Waals surface area contributed by atoms with Gasteiger partial charge in [-0.05, 0) is 41.3 Å². The van der Waals surface area contributed by atoms with Crippen LogP contribution < -0.4 is 5.11 Å². The van der Waals surface area contributed by atoms with E-state index in [-0.39, 0.29) is 10.9 Å². The Balaban J connectivity index is 2.11. The summed E-state index contributed by atoms with van der Waals surface area (Å²) in [7, 11) is 0. The molecule has 0 unspecified atom stereocenters. The molecular formula is C15H10ClO2S-. The number of carbonyl (C=O) groups is 1. The molecule has 0 spiro atoms. The van der Waals surface area contributed by atoms with Crippen molar-refractivity contribution in [3.63, 3.8) is 0 Å². The number of halogens is 1. The second kappa shape index (κ2) is 4.91. The fraction of sp³-hybridized carbons (Fsp3) is 0.133. The number of fused-ring (bicyclic) bond motifs is 2. The van der Waals surface area contributed by atoms with Crippen molar-refractivity contribution in [2.45, 2.75) is 21.6 Å². The van der Waals surface area contributed by atoms with E-state index in [1.54, 1.807) is 23.9 Å². The smallest absolute Gasteiger partial charge is 0.0715 e. The van der Waals surface area contributed by atoms with Crippen molar-refractivity contribution in [3.8, 4) is 0 Å². The molecule has 0 aromatic heterocycles. The maximum absolute atomic E-state index is 10.9. The van der Waals surface area contributed by atoms with Crippen molar-refractivity contribution >= 4 is 29.3 Å². The van der Waals surface area contributed by atoms with E-state index in [4.69, 9.17) is 11.6 Å². The highest BCUT2D eigenvalue weighted by molar-refractivity contribution is 7.99. The predicted molar refractivity (Wildman–Crippen MR) is 73.6 cm³/mol. The number of alkyl halides is 1. The lowest BCUT2D eigenvalue weighted by Gasteiger charge is -2.12. The Morgan fingerprint density at radius 3 is 2.79 bits per heavy atom. The van der Waals surface area contributed by atoms with Gasteiger partial charge in [-0.25, -0.2) is 0 Å². The molecule has 1 heterocycles. The number of hydrogen-bond acceptors (Lipinski definition) is 3. The minimum Gasteiger partial charge on any atom is -0.545 e. The number of carboxylic acid groups (broad SMARTS) is 1. The summed E-state index contributed by atoms with van der Waals surface area (Å²) in [6, 6.07) is 13.1. The molecule has 1 aliphatic rings. The van der Waals surface area contributed by atoms with E-state index in [9.17, 15) is 9.90 Å². The van der Waals surface area contributed by atoms with Gasteiger partial charge in [0.2, 0.25) is 0 Å². The van der Waals surface area contributed by atoms with Crippen LogP contribution in [-0.4, -0.2) is 5.97 Å². The average Bonchev–Trinajstić information content (AvgIpc) is 2.54. The first-order valence-electron chi connectivity index (χ1n) is 5.90. The fourth-order valence-corrected chi connectivity index (χ4v) is 3.74. The van der Waals surface area contributed by atoms with E-state index < -0.39 is 5.97 Å². The summed E-state index contributed by atoms with van der Waals surface area (Å²) in [5, 5.41) is 10.7. The SMILES string of the molecule is O=C([O-])c1ccc2c(c1)[C@@H](Cl)Cc1ccccc1S2. The van der Waals surface area contributed by atoms with Gasteiger partial charge in [0.25, 0.3) is 0 Å². The highest BCUT2D eigenvalue weighted by atomic mass is 35.5. The zero-order valence-electron chi connectivity index (χ0n) is 9.93. The number of hydrogen-bond donors (Lipinski definition) is 0. The molecule has 1 atom stereocenters. The molecule has 0 radical (unpaired) electrons. The Morgan fingerprint density at radius 1 is 1.21 bits per heavy atom. The van der Waals surface area contributed by atoms with Crippen LogP contribution in [0.4, 0.5) is 0 Å². The maximum Gasteiger partial charge on any atom is 0.0715 e. The molecule has 0 fully saturated rings. The van der Waals surface area contributed by atoms with Crippen molar-refractivity contribution in [2.24, 2.45) is 0 Å². The van der Waals surface area contributed by atoms with Crippen LogP contribution in [0.3, 0.4) is 0 Å². The van der Waals surface area contributed by atoms with Crippen LogP contribution in [-0.2, 0) is 6.42 Å². The monoisotopic (exact) mass is 289 g/mol. The van der Waals surface area contributed by atoms with E-state index in [0.29, 0.717) is 6.42 Å². The zero-order chi connectivity index (χ0) is 13.4. The van der Waals surface area contributed by atoms with Crippen molar-refractivity contribution in [3.05, 3.63) is 59.2 Å². The number of rotatable bonds is 1. The molecule has 0 saturated heterocycles. The Morgan fingerprint density at radius 2 is 2.00 bits per heavy atom. The van der Waals surface area contributed by atoms with Crippen molar-refractivity contribution < 1.29 is 9.90 Å². The van der Waals surface area contributed by atoms with Gasteiger partial charge in [0.05, 0.1) is 11.3 Å². The molecule has 0 amide bonds. The molecule has 0 saturated carbocycles. The molecule has 2 aromatic carbocycles. The second-order valence-electron chi connectivity index (χ2n) is 4.42. The molecule has 0 aliphatic carbocycles. The van der Waals surface area contributed by atoms with Crippen LogP contribution >= 0.6 is 23.4 Å². The highest BCUT2D eigenvalue weighted by Crippen LogP contribution is 2.43. The van der Waals surface area contributed by atoms with Gasteiger partial charge in [0, 0.05) is 9.79 Å². The van der Waals surface area contributed by atoms with Gasteiger partial charge in [-0.15, -0.1) is 11.6 Å². The summed E-state index contributed by atoms with van der Waals surface area (Å²) in [4.78, 5) is 13.1. The molecule has 2 nitrogen and oxygen atoms in total. The standard InChI is InChI=1S/C15H11ClO2S/c16-12-8-9-3-1-2-4-13(9)19-14-6-5-10(15(17)18)7-11(12)14/h1-7,12H,8H2,(H,17,18)/p-1/t12-/m0/s1. The summed E-state index contributed by atoms with van der Waals surface area (Å²) < 4.78 is 0. The van der Waals surface area contributed by atoms with Gasteiger partial charge in [-0.2, -0.15) is 0 Å². The van der Waals surface area contributed by atoms with Gasteiger partial charge < -0.3 is 9.90 Å². The number of benzene rings is 2. The van der Waals surface area contributed by atoms with E-state index in [1.165, 1.54) is 10.5 Å². The second-order valence-corrected chi connectivity index (χ2v) is 6.03. The first kappa shape index (κ1) is 12.6. The lowest BCUT2D eigenvalue weighted by molar-refractivity contribution is -0.255. The first-order valence-corrected chi connectivity index (χ1v) is 7.15. The number of aromatic carboxylic acids is 1. The molecule has 4 heteroatoms. The van der Waals surface area contributed by atoms with Crippen LogP contribution in [0.25, 0.3) is 0 Å². The molecule has 96 valence electrons. The van der Waals surface area contributed by atoms with Gasteiger partial charge >= 0.3 is 0 Å². The van der Waals surface area contributed by atoms with E-state index in [1.807, 2.05) is 18.2 Å². The highest BCUT2D eigenvalue weighted by Gasteiger charge is 2.21. The normalized spacial score (nSPS) is 17.2. The molecule has 19 heavy (non-hydrogen) atoms. The zero-order valence-corrected chi connectivity index (χ0v) is 11.5. The Labute approximate surface area is 120 Å². The van der Waals surface area contributed by atoms with Crippen LogP contribution in [0.5, 0.6) is 0 Å². The minimum absolute atomic E-state index is 0.177. The summed E-state index contributed by atoms with van der Waals surface area (Å²) in [6.07, 6.45) is 0.703. The summed E-state index contributed by atoms with van der Waals surface area (Å²) >= 11 is 8.06. The largest absolute Gasteiger partial charge is 0.545 e. The maximum atomic E-state index is 10.9. The Bertz CT molecular complexity index is 654. The molecule has 0 N–H and O–H groups in total. The fourth-order valence-electron chi connectivity index (χ4n) is 2.21. The summed E-state index contributed by atoms with van der Waals surface area (Å²) in [6.45, 7) is 0. The Hall–Kier alpha value is -1.45. The molecule has 1 aliphatic heterocycles. The van der Waals surface area contributed by atoms with Crippen molar-refractivity contribution in [2.75, 3.05) is 0 Å². The van der Waals surface area contributed by atoms with Crippen molar-refractivity contribution in [1.29, 1.82) is 0 Å². The van der Waals surface area contributed by atoms with Gasteiger partial charge in [0.1, 0.15) is 0 Å². The minimum atomic E-state index is -1.17. The number of carbonyl (C=O) groups excluding carboxylic acids is 1. The topological polar surface area (TPSA) is 40.1 Å². The summed E-state index contributed by atoms with van der Waals surface area (Å²) in [5.41, 5.74) is 2.24. The quantitative estimate of drug-likeness (QED) is 0.758. The molecule has 0 bridgehead atoms. The lowest BCUT2D eigenvalue weighted by Crippen LogP contribution is -2.22. The lowest BCUT2D eigenvalue weighted by atomic mass is 10.0. The third-order valence-corrected chi connectivity index (χ3v) is 4.77. The van der Waals surface area contributed by atoms with Crippen LogP contribution in [0, 0.1) is 0 Å². The molecule has 3 rings (SSSR count). The van der Waals surface area contributed by atoms with Crippen LogP contribution in [0.2, 0.25) is 0 Å². The van der Waals surface area contributed by atoms with Gasteiger partial charge in [0.15, 0.2) is 0 Å². The van der Waals surface area contributed by atoms with E-state index in [2.05, 4.69) is 12.1 Å².